The van der Waals surface area contributed by atoms with Crippen molar-refractivity contribution in [2.24, 2.45) is 29.1 Å². The molecule has 2 N–H and O–H groups in total. The molecule has 0 bridgehead atoms. The third kappa shape index (κ3) is 7.29. The predicted molar refractivity (Wildman–Crippen MR) is 179 cm³/mol. The first-order valence-electron chi connectivity index (χ1n) is 18.3. The lowest BCUT2D eigenvalue weighted by Crippen LogP contribution is -2.51. The van der Waals surface area contributed by atoms with Crippen LogP contribution in [-0.4, -0.2) is 39.8 Å². The molecule has 45 heavy (non-hydrogen) atoms. The van der Waals surface area contributed by atoms with E-state index >= 15 is 4.39 Å². The lowest BCUT2D eigenvalue weighted by molar-refractivity contribution is -0.132. The molecule has 246 valence electrons. The van der Waals surface area contributed by atoms with Crippen molar-refractivity contribution in [3.8, 4) is 5.75 Å². The first-order chi connectivity index (χ1) is 21.8. The van der Waals surface area contributed by atoms with Crippen molar-refractivity contribution in [3.63, 3.8) is 0 Å². The number of aliphatic hydroxyl groups is 1. The van der Waals surface area contributed by atoms with Crippen LogP contribution in [0.4, 0.5) is 4.39 Å². The minimum Gasteiger partial charge on any atom is -0.508 e. The summed E-state index contributed by atoms with van der Waals surface area (Å²) in [5.74, 6) is 2.13. The van der Waals surface area contributed by atoms with E-state index in [0.717, 1.165) is 81.4 Å². The molecule has 0 spiro atoms. The maximum Gasteiger partial charge on any atom is 0.222 e. The molecule has 0 aromatic heterocycles. The average Bonchev–Trinajstić information content (AvgIpc) is 3.34. The van der Waals surface area contributed by atoms with Gasteiger partial charge in [-0.15, -0.1) is 0 Å². The maximum atomic E-state index is 16.1. The Bertz CT molecular complexity index is 1260. The van der Waals surface area contributed by atoms with Crippen molar-refractivity contribution in [3.05, 3.63) is 65.2 Å². The number of carbonyl (C=O) groups is 1. The Labute approximate surface area is 270 Å². The van der Waals surface area contributed by atoms with Gasteiger partial charge < -0.3 is 15.1 Å². The molecular weight excluding hydrogens is 561 g/mol. The fourth-order valence-electron chi connectivity index (χ4n) is 10.2. The molecule has 0 unspecified atom stereocenters. The SMILES string of the molecule is C[C@]12C[C@H](F)[C@@H]3c4ccc(O)cc4C[C@@H](CCCCCCN(Cc4ccccc4)C(=O)CCC4CCCCC4)[C@H]3[C@@H]1CC[C@@H]2O. The fraction of sp³-hybridized carbons (Fsp3) is 0.675. The van der Waals surface area contributed by atoms with Gasteiger partial charge in [0.25, 0.3) is 0 Å². The summed E-state index contributed by atoms with van der Waals surface area (Å²) in [5, 5.41) is 21.2. The van der Waals surface area contributed by atoms with Gasteiger partial charge in [-0.05, 0) is 103 Å². The minimum atomic E-state index is -0.957. The van der Waals surface area contributed by atoms with Crippen LogP contribution >= 0.6 is 0 Å². The molecule has 2 aromatic rings. The summed E-state index contributed by atoms with van der Waals surface area (Å²) in [6, 6.07) is 16.0. The van der Waals surface area contributed by atoms with Crippen LogP contribution in [0.15, 0.2) is 48.5 Å². The summed E-state index contributed by atoms with van der Waals surface area (Å²) in [6.07, 6.45) is 15.4. The second-order valence-electron chi connectivity index (χ2n) is 15.4. The highest BCUT2D eigenvalue weighted by Crippen LogP contribution is 2.63. The lowest BCUT2D eigenvalue weighted by Gasteiger charge is -2.54. The van der Waals surface area contributed by atoms with Gasteiger partial charge in [0.2, 0.25) is 5.91 Å². The third-order valence-corrected chi connectivity index (χ3v) is 12.6. The number of aromatic hydroxyl groups is 1. The molecule has 4 aliphatic rings. The molecule has 6 rings (SSSR count). The van der Waals surface area contributed by atoms with Gasteiger partial charge in [0.15, 0.2) is 0 Å². The Hall–Kier alpha value is -2.40. The first-order valence-corrected chi connectivity index (χ1v) is 18.3. The van der Waals surface area contributed by atoms with E-state index in [1.54, 1.807) is 6.07 Å². The molecule has 7 atom stereocenters. The zero-order valence-corrected chi connectivity index (χ0v) is 27.5. The Morgan fingerprint density at radius 1 is 0.956 bits per heavy atom. The molecule has 0 heterocycles. The number of halogens is 1. The van der Waals surface area contributed by atoms with Crippen molar-refractivity contribution in [1.29, 1.82) is 0 Å². The Balaban J connectivity index is 1.05. The number of phenols is 1. The van der Waals surface area contributed by atoms with Crippen molar-refractivity contribution in [2.75, 3.05) is 6.54 Å². The van der Waals surface area contributed by atoms with E-state index in [-0.39, 0.29) is 23.0 Å². The van der Waals surface area contributed by atoms with E-state index in [2.05, 4.69) is 36.1 Å². The molecule has 3 fully saturated rings. The summed E-state index contributed by atoms with van der Waals surface area (Å²) in [5.41, 5.74) is 3.08. The smallest absolute Gasteiger partial charge is 0.222 e. The van der Waals surface area contributed by atoms with Gasteiger partial charge >= 0.3 is 0 Å². The van der Waals surface area contributed by atoms with Crippen LogP contribution in [0.2, 0.25) is 0 Å². The molecule has 1 amide bonds. The van der Waals surface area contributed by atoms with E-state index in [1.165, 1.54) is 37.7 Å². The quantitative estimate of drug-likeness (QED) is 0.234. The van der Waals surface area contributed by atoms with Crippen LogP contribution < -0.4 is 0 Å². The zero-order valence-electron chi connectivity index (χ0n) is 27.5. The number of aliphatic hydroxyl groups excluding tert-OH is 1. The van der Waals surface area contributed by atoms with Crippen LogP contribution in [0.25, 0.3) is 0 Å². The normalized spacial score (nSPS) is 31.2. The van der Waals surface area contributed by atoms with Gasteiger partial charge in [0, 0.05) is 25.4 Å². The van der Waals surface area contributed by atoms with Crippen LogP contribution in [0, 0.1) is 29.1 Å². The highest BCUT2D eigenvalue weighted by Gasteiger charge is 2.59. The monoisotopic (exact) mass is 617 g/mol. The second-order valence-corrected chi connectivity index (χ2v) is 15.4. The topological polar surface area (TPSA) is 60.8 Å². The number of hydrogen-bond donors (Lipinski definition) is 2. The number of unbranched alkanes of at least 4 members (excludes halogenated alkanes) is 3. The number of fused-ring (bicyclic) bond motifs is 5. The second kappa shape index (κ2) is 14.6. The Morgan fingerprint density at radius 3 is 2.53 bits per heavy atom. The average molecular weight is 618 g/mol. The van der Waals surface area contributed by atoms with E-state index in [0.29, 0.717) is 37.1 Å². The summed E-state index contributed by atoms with van der Waals surface area (Å²) in [4.78, 5) is 15.5. The predicted octanol–water partition coefficient (Wildman–Crippen LogP) is 9.12. The van der Waals surface area contributed by atoms with Crippen molar-refractivity contribution in [2.45, 2.75) is 134 Å². The molecule has 0 saturated heterocycles. The number of hydrogen-bond acceptors (Lipinski definition) is 3. The van der Waals surface area contributed by atoms with E-state index in [9.17, 15) is 15.0 Å². The first kappa shape index (κ1) is 32.5. The molecule has 0 radical (unpaired) electrons. The maximum absolute atomic E-state index is 16.1. The Kier molecular flexibility index (Phi) is 10.5. The van der Waals surface area contributed by atoms with E-state index in [4.69, 9.17) is 0 Å². The third-order valence-electron chi connectivity index (χ3n) is 12.6. The highest BCUT2D eigenvalue weighted by molar-refractivity contribution is 5.76. The zero-order chi connectivity index (χ0) is 31.4. The van der Waals surface area contributed by atoms with E-state index in [1.807, 2.05) is 18.2 Å². The van der Waals surface area contributed by atoms with Crippen LogP contribution in [0.3, 0.4) is 0 Å². The van der Waals surface area contributed by atoms with Gasteiger partial charge in [-0.1, -0.05) is 94.7 Å². The number of phenolic OH excluding ortho intramolecular Hbond substituents is 1. The van der Waals surface area contributed by atoms with Gasteiger partial charge in [-0.25, -0.2) is 4.39 Å². The highest BCUT2D eigenvalue weighted by atomic mass is 19.1. The summed E-state index contributed by atoms with van der Waals surface area (Å²) in [6.45, 7) is 3.64. The molecule has 4 nitrogen and oxygen atoms in total. The van der Waals surface area contributed by atoms with Crippen molar-refractivity contribution >= 4 is 5.91 Å². The number of amides is 1. The van der Waals surface area contributed by atoms with Gasteiger partial charge in [0.05, 0.1) is 6.10 Å². The van der Waals surface area contributed by atoms with Gasteiger partial charge in [-0.3, -0.25) is 4.79 Å². The molecular formula is C40H56FNO3. The van der Waals surface area contributed by atoms with Gasteiger partial charge in [0.1, 0.15) is 11.9 Å². The van der Waals surface area contributed by atoms with Gasteiger partial charge in [-0.2, -0.15) is 0 Å². The summed E-state index contributed by atoms with van der Waals surface area (Å²) < 4.78 is 16.1. The van der Waals surface area contributed by atoms with Crippen LogP contribution in [0.1, 0.15) is 126 Å². The molecule has 2 aromatic carbocycles. The molecule has 5 heteroatoms. The van der Waals surface area contributed by atoms with Crippen LogP contribution in [0.5, 0.6) is 5.75 Å². The number of rotatable bonds is 12. The minimum absolute atomic E-state index is 0.131. The standard InChI is InChI=1S/C40H56FNO3/c1-40-26-35(41)39-33-19-18-32(43)25-31(33)24-30(38(39)34(40)20-21-36(40)44)16-10-2-3-11-23-42(27-29-14-8-5-9-15-29)37(45)22-17-28-12-6-4-7-13-28/h5,8-9,14-15,18-19,25,28,30,34-36,38-39,43-44H,2-4,6-7,10-13,16-17,20-24,26-27H2,1H3/t30-,34+,35+,36+,38+,39+,40+/m1/s1. The lowest BCUT2D eigenvalue weighted by atomic mass is 9.51. The number of benzene rings is 2. The number of carbonyl (C=O) groups excluding carboxylic acids is 1. The molecule has 4 aliphatic carbocycles. The van der Waals surface area contributed by atoms with Crippen molar-refractivity contribution in [1.82, 2.24) is 4.90 Å². The summed E-state index contributed by atoms with van der Waals surface area (Å²) in [7, 11) is 0. The molecule has 3 saturated carbocycles. The number of alkyl halides is 1. The Morgan fingerprint density at radius 2 is 1.73 bits per heavy atom. The fourth-order valence-corrected chi connectivity index (χ4v) is 10.2. The van der Waals surface area contributed by atoms with Crippen molar-refractivity contribution < 1.29 is 19.4 Å². The van der Waals surface area contributed by atoms with Crippen LogP contribution in [-0.2, 0) is 17.8 Å². The number of nitrogens with zero attached hydrogens (tertiary/aromatic N) is 1. The van der Waals surface area contributed by atoms with E-state index < -0.39 is 12.3 Å². The largest absolute Gasteiger partial charge is 0.508 e. The molecule has 0 aliphatic heterocycles. The summed E-state index contributed by atoms with van der Waals surface area (Å²) >= 11 is 0.